The summed E-state index contributed by atoms with van der Waals surface area (Å²) in [5.74, 6) is 0. The third kappa shape index (κ3) is 2.73. The molecule has 0 bridgehead atoms. The third-order valence-electron chi connectivity index (χ3n) is 4.06. The highest BCUT2D eigenvalue weighted by Gasteiger charge is 2.31. The molecule has 0 aromatic heterocycles. The zero-order valence-electron chi connectivity index (χ0n) is 10.2. The summed E-state index contributed by atoms with van der Waals surface area (Å²) in [6.07, 6.45) is 5.45. The summed E-state index contributed by atoms with van der Waals surface area (Å²) in [4.78, 5) is 5.73. The first kappa shape index (κ1) is 12.3. The molecule has 0 amide bonds. The number of piperidine rings is 1. The molecule has 2 aliphatic rings. The lowest BCUT2D eigenvalue weighted by Gasteiger charge is -2.32. The minimum atomic E-state index is 0.268. The third-order valence-corrected chi connectivity index (χ3v) is 4.40. The van der Waals surface area contributed by atoms with Gasteiger partial charge >= 0.3 is 0 Å². The summed E-state index contributed by atoms with van der Waals surface area (Å²) in [5, 5.41) is 0. The summed E-state index contributed by atoms with van der Waals surface area (Å²) >= 11 is 5.07. The van der Waals surface area contributed by atoms with Crippen LogP contribution in [0, 0.1) is 0 Å². The number of thiocarbonyl (C=S) groups is 1. The number of nitrogens with two attached hydrogens (primary N) is 1. The van der Waals surface area contributed by atoms with Crippen molar-refractivity contribution in [3.05, 3.63) is 0 Å². The summed E-state index contributed by atoms with van der Waals surface area (Å²) in [7, 11) is 0. The molecule has 0 aromatic carbocycles. The van der Waals surface area contributed by atoms with Crippen LogP contribution in [0.1, 0.15) is 32.6 Å². The van der Waals surface area contributed by atoms with Crippen molar-refractivity contribution in [2.75, 3.05) is 26.2 Å². The minimum absolute atomic E-state index is 0.268. The van der Waals surface area contributed by atoms with Gasteiger partial charge in [-0.1, -0.05) is 18.6 Å². The van der Waals surface area contributed by atoms with Gasteiger partial charge in [0.2, 0.25) is 0 Å². The summed E-state index contributed by atoms with van der Waals surface area (Å²) in [5.41, 5.74) is 5.72. The molecule has 0 radical (unpaired) electrons. The Hall–Kier alpha value is -0.190. The van der Waals surface area contributed by atoms with Gasteiger partial charge in [0, 0.05) is 19.1 Å². The summed E-state index contributed by atoms with van der Waals surface area (Å²) < 4.78 is 0. The summed E-state index contributed by atoms with van der Waals surface area (Å²) in [6.45, 7) is 7.01. The lowest BCUT2D eigenvalue weighted by molar-refractivity contribution is 0.160. The lowest BCUT2D eigenvalue weighted by atomic mass is 10.1. The van der Waals surface area contributed by atoms with Crippen molar-refractivity contribution in [3.8, 4) is 0 Å². The molecule has 4 heteroatoms. The molecule has 2 aliphatic heterocycles. The smallest absolute Gasteiger partial charge is 0.0899 e. The van der Waals surface area contributed by atoms with E-state index < -0.39 is 0 Å². The van der Waals surface area contributed by atoms with Gasteiger partial charge in [0.1, 0.15) is 0 Å². The average Bonchev–Trinajstić information content (AvgIpc) is 2.78. The van der Waals surface area contributed by atoms with Crippen LogP contribution in [0.15, 0.2) is 0 Å². The Bertz CT molecular complexity index is 251. The zero-order chi connectivity index (χ0) is 11.5. The molecule has 2 fully saturated rings. The van der Waals surface area contributed by atoms with Gasteiger partial charge in [-0.25, -0.2) is 0 Å². The molecular formula is C12H23N3S. The standard InChI is InChI=1S/C12H23N3S/c1-10(12(13)16)15-8-5-11(9-15)14-6-3-2-4-7-14/h10-11H,2-9H2,1H3,(H2,13,16). The second-order valence-electron chi connectivity index (χ2n) is 5.11. The van der Waals surface area contributed by atoms with Crippen molar-refractivity contribution >= 4 is 17.2 Å². The molecule has 2 N–H and O–H groups in total. The molecule has 0 aliphatic carbocycles. The van der Waals surface area contributed by atoms with E-state index in [4.69, 9.17) is 18.0 Å². The van der Waals surface area contributed by atoms with Crippen molar-refractivity contribution in [2.45, 2.75) is 44.7 Å². The molecular weight excluding hydrogens is 218 g/mol. The number of rotatable bonds is 3. The number of nitrogens with zero attached hydrogens (tertiary/aromatic N) is 2. The first-order valence-corrected chi connectivity index (χ1v) is 6.86. The van der Waals surface area contributed by atoms with E-state index in [-0.39, 0.29) is 6.04 Å². The Labute approximate surface area is 104 Å². The maximum absolute atomic E-state index is 5.72. The Morgan fingerprint density at radius 2 is 1.94 bits per heavy atom. The Morgan fingerprint density at radius 3 is 2.56 bits per heavy atom. The fourth-order valence-corrected chi connectivity index (χ4v) is 3.03. The van der Waals surface area contributed by atoms with Gasteiger partial charge in [-0.15, -0.1) is 0 Å². The monoisotopic (exact) mass is 241 g/mol. The average molecular weight is 241 g/mol. The molecule has 92 valence electrons. The maximum atomic E-state index is 5.72. The second kappa shape index (κ2) is 5.43. The fraction of sp³-hybridized carbons (Fsp3) is 0.917. The molecule has 3 nitrogen and oxygen atoms in total. The number of hydrogen-bond donors (Lipinski definition) is 1. The Morgan fingerprint density at radius 1 is 1.25 bits per heavy atom. The molecule has 2 heterocycles. The topological polar surface area (TPSA) is 32.5 Å². The minimum Gasteiger partial charge on any atom is -0.392 e. The van der Waals surface area contributed by atoms with E-state index >= 15 is 0 Å². The quantitative estimate of drug-likeness (QED) is 0.753. The highest BCUT2D eigenvalue weighted by Crippen LogP contribution is 2.21. The van der Waals surface area contributed by atoms with Gasteiger partial charge < -0.3 is 5.73 Å². The van der Waals surface area contributed by atoms with Gasteiger partial charge in [0.15, 0.2) is 0 Å². The van der Waals surface area contributed by atoms with Crippen molar-refractivity contribution in [3.63, 3.8) is 0 Å². The van der Waals surface area contributed by atoms with Crippen LogP contribution in [0.3, 0.4) is 0 Å². The number of likely N-dealkylation sites (tertiary alicyclic amines) is 2. The van der Waals surface area contributed by atoms with Gasteiger partial charge in [0.25, 0.3) is 0 Å². The first-order valence-electron chi connectivity index (χ1n) is 6.46. The van der Waals surface area contributed by atoms with Crippen LogP contribution >= 0.6 is 12.2 Å². The first-order chi connectivity index (χ1) is 7.68. The molecule has 2 unspecified atom stereocenters. The molecule has 2 rings (SSSR count). The predicted molar refractivity (Wildman–Crippen MR) is 71.6 cm³/mol. The van der Waals surface area contributed by atoms with E-state index in [0.717, 1.165) is 19.1 Å². The van der Waals surface area contributed by atoms with Crippen LogP contribution in [0.25, 0.3) is 0 Å². The van der Waals surface area contributed by atoms with Gasteiger partial charge in [-0.2, -0.15) is 0 Å². The Balaban J connectivity index is 1.84. The maximum Gasteiger partial charge on any atom is 0.0899 e. The van der Waals surface area contributed by atoms with Crippen molar-refractivity contribution in [1.82, 2.24) is 9.80 Å². The van der Waals surface area contributed by atoms with Gasteiger partial charge in [0.05, 0.1) is 11.0 Å². The SMILES string of the molecule is CC(C(N)=S)N1CCC(N2CCCCC2)C1. The molecule has 2 atom stereocenters. The molecule has 0 aromatic rings. The van der Waals surface area contributed by atoms with Gasteiger partial charge in [-0.05, 0) is 39.3 Å². The van der Waals surface area contributed by atoms with E-state index in [1.54, 1.807) is 0 Å². The molecule has 0 saturated carbocycles. The van der Waals surface area contributed by atoms with E-state index in [2.05, 4.69) is 16.7 Å². The van der Waals surface area contributed by atoms with Crippen LogP contribution < -0.4 is 5.73 Å². The van der Waals surface area contributed by atoms with E-state index in [9.17, 15) is 0 Å². The molecule has 0 spiro atoms. The largest absolute Gasteiger partial charge is 0.392 e. The second-order valence-corrected chi connectivity index (χ2v) is 5.58. The van der Waals surface area contributed by atoms with Crippen LogP contribution in [0.4, 0.5) is 0 Å². The Kier molecular flexibility index (Phi) is 4.16. The van der Waals surface area contributed by atoms with Crippen LogP contribution in [0.5, 0.6) is 0 Å². The van der Waals surface area contributed by atoms with Crippen LogP contribution in [-0.2, 0) is 0 Å². The fourth-order valence-electron chi connectivity index (χ4n) is 2.88. The highest BCUT2D eigenvalue weighted by atomic mass is 32.1. The van der Waals surface area contributed by atoms with E-state index in [1.165, 1.54) is 38.8 Å². The van der Waals surface area contributed by atoms with Crippen LogP contribution in [0.2, 0.25) is 0 Å². The van der Waals surface area contributed by atoms with Crippen LogP contribution in [-0.4, -0.2) is 53.1 Å². The molecule has 2 saturated heterocycles. The van der Waals surface area contributed by atoms with Crippen molar-refractivity contribution < 1.29 is 0 Å². The summed E-state index contributed by atoms with van der Waals surface area (Å²) in [6, 6.07) is 1.02. The van der Waals surface area contributed by atoms with Crippen molar-refractivity contribution in [1.29, 1.82) is 0 Å². The predicted octanol–water partition coefficient (Wildman–Crippen LogP) is 1.22. The lowest BCUT2D eigenvalue weighted by Crippen LogP contribution is -2.44. The van der Waals surface area contributed by atoms with E-state index in [0.29, 0.717) is 4.99 Å². The highest BCUT2D eigenvalue weighted by molar-refractivity contribution is 7.80. The van der Waals surface area contributed by atoms with Crippen molar-refractivity contribution in [2.24, 2.45) is 5.73 Å². The zero-order valence-corrected chi connectivity index (χ0v) is 11.0. The normalized spacial score (nSPS) is 30.4. The number of hydrogen-bond acceptors (Lipinski definition) is 3. The van der Waals surface area contributed by atoms with E-state index in [1.807, 2.05) is 0 Å². The van der Waals surface area contributed by atoms with Gasteiger partial charge in [-0.3, -0.25) is 9.80 Å². The molecule has 16 heavy (non-hydrogen) atoms.